The number of rotatable bonds is 5. The van der Waals surface area contributed by atoms with Gasteiger partial charge in [-0.05, 0) is 48.6 Å². The van der Waals surface area contributed by atoms with E-state index in [1.165, 1.54) is 19.2 Å². The van der Waals surface area contributed by atoms with Crippen LogP contribution in [0.4, 0.5) is 4.39 Å². The number of ether oxygens (including phenoxy) is 1. The monoisotopic (exact) mass is 412 g/mol. The molecule has 1 aromatic heterocycles. The Morgan fingerprint density at radius 2 is 2.07 bits per heavy atom. The topological polar surface area (TPSA) is 71.8 Å². The quantitative estimate of drug-likeness (QED) is 0.763. The molecule has 7 heteroatoms. The van der Waals surface area contributed by atoms with Crippen LogP contribution in [0.3, 0.4) is 0 Å². The van der Waals surface area contributed by atoms with Gasteiger partial charge in [0.2, 0.25) is 0 Å². The van der Waals surface area contributed by atoms with Crippen molar-refractivity contribution < 1.29 is 19.0 Å². The van der Waals surface area contributed by atoms with Gasteiger partial charge in [0.1, 0.15) is 11.9 Å². The predicted octanol–water partition coefficient (Wildman–Crippen LogP) is 2.20. The first-order valence-corrected chi connectivity index (χ1v) is 10.5. The molecule has 0 bridgehead atoms. The van der Waals surface area contributed by atoms with Crippen molar-refractivity contribution >= 4 is 5.97 Å². The van der Waals surface area contributed by atoms with Crippen molar-refractivity contribution in [3.8, 4) is 11.1 Å². The van der Waals surface area contributed by atoms with Crippen molar-refractivity contribution in [3.63, 3.8) is 0 Å². The van der Waals surface area contributed by atoms with E-state index in [0.29, 0.717) is 23.6 Å². The van der Waals surface area contributed by atoms with Crippen molar-refractivity contribution in [3.05, 3.63) is 58.3 Å². The number of aromatic nitrogens is 1. The van der Waals surface area contributed by atoms with Gasteiger partial charge in [-0.15, -0.1) is 0 Å². The molecule has 5 rings (SSSR count). The fraction of sp³-hybridized carbons (Fsp3) is 0.478. The average Bonchev–Trinajstić information content (AvgIpc) is 3.40. The van der Waals surface area contributed by atoms with Crippen LogP contribution in [0.25, 0.3) is 11.1 Å². The molecule has 1 saturated heterocycles. The predicted molar refractivity (Wildman–Crippen MR) is 108 cm³/mol. The third kappa shape index (κ3) is 2.99. The Balaban J connectivity index is 1.58. The number of halogens is 1. The van der Waals surface area contributed by atoms with Crippen LogP contribution in [0.1, 0.15) is 24.6 Å². The SMILES string of the molecule is COC(=O)[C@H]1[C@H](CO)[C@H]2Cn3c(ccc(-c4cccc(F)c4)c3=O)[C@H]2N1CC1CC1. The minimum absolute atomic E-state index is 0.0479. The molecule has 1 aromatic carbocycles. The Labute approximate surface area is 173 Å². The second-order valence-electron chi connectivity index (χ2n) is 8.66. The summed E-state index contributed by atoms with van der Waals surface area (Å²) in [4.78, 5) is 28.0. The number of hydrogen-bond acceptors (Lipinski definition) is 5. The van der Waals surface area contributed by atoms with Gasteiger partial charge in [-0.2, -0.15) is 0 Å². The highest BCUT2D eigenvalue weighted by Gasteiger charge is 2.56. The normalized spacial score (nSPS) is 27.7. The summed E-state index contributed by atoms with van der Waals surface area (Å²) in [6.07, 6.45) is 2.27. The first kappa shape index (κ1) is 19.5. The Hall–Kier alpha value is -2.51. The lowest BCUT2D eigenvalue weighted by atomic mass is 9.88. The fourth-order valence-electron chi connectivity index (χ4n) is 5.38. The summed E-state index contributed by atoms with van der Waals surface area (Å²) < 4.78 is 20.5. The van der Waals surface area contributed by atoms with E-state index in [1.807, 2.05) is 6.07 Å². The van der Waals surface area contributed by atoms with Crippen molar-refractivity contribution in [2.24, 2.45) is 17.8 Å². The number of benzene rings is 1. The molecule has 0 radical (unpaired) electrons. The highest BCUT2D eigenvalue weighted by molar-refractivity contribution is 5.77. The van der Waals surface area contributed by atoms with Crippen LogP contribution in [0.2, 0.25) is 0 Å². The molecule has 0 spiro atoms. The van der Waals surface area contributed by atoms with E-state index >= 15 is 0 Å². The summed E-state index contributed by atoms with van der Waals surface area (Å²) in [6.45, 7) is 1.06. The molecule has 6 nitrogen and oxygen atoms in total. The van der Waals surface area contributed by atoms with Crippen LogP contribution in [0, 0.1) is 23.6 Å². The van der Waals surface area contributed by atoms with E-state index in [-0.39, 0.29) is 41.8 Å². The lowest BCUT2D eigenvalue weighted by Gasteiger charge is -2.29. The van der Waals surface area contributed by atoms with E-state index in [9.17, 15) is 19.1 Å². The van der Waals surface area contributed by atoms with Gasteiger partial charge in [0, 0.05) is 42.8 Å². The molecule has 1 N–H and O–H groups in total. The van der Waals surface area contributed by atoms with E-state index in [2.05, 4.69) is 4.90 Å². The zero-order chi connectivity index (χ0) is 21.0. The number of aliphatic hydroxyl groups is 1. The maximum absolute atomic E-state index is 13.7. The average molecular weight is 412 g/mol. The Bertz CT molecular complexity index is 1050. The molecule has 3 heterocycles. The molecule has 3 aliphatic rings. The van der Waals surface area contributed by atoms with Crippen LogP contribution in [0.15, 0.2) is 41.2 Å². The molecule has 158 valence electrons. The zero-order valence-electron chi connectivity index (χ0n) is 16.8. The van der Waals surface area contributed by atoms with Crippen LogP contribution >= 0.6 is 0 Å². The van der Waals surface area contributed by atoms with Crippen molar-refractivity contribution in [2.45, 2.75) is 31.5 Å². The molecular weight excluding hydrogens is 387 g/mol. The second-order valence-corrected chi connectivity index (χ2v) is 8.66. The van der Waals surface area contributed by atoms with E-state index in [1.54, 1.807) is 22.8 Å². The van der Waals surface area contributed by atoms with Crippen molar-refractivity contribution in [2.75, 3.05) is 20.3 Å². The molecule has 30 heavy (non-hydrogen) atoms. The van der Waals surface area contributed by atoms with Crippen LogP contribution in [0.5, 0.6) is 0 Å². The Kier molecular flexibility index (Phi) is 4.75. The summed E-state index contributed by atoms with van der Waals surface area (Å²) >= 11 is 0. The Morgan fingerprint density at radius 3 is 2.73 bits per heavy atom. The van der Waals surface area contributed by atoms with Crippen LogP contribution in [-0.4, -0.2) is 46.8 Å². The smallest absolute Gasteiger partial charge is 0.323 e. The minimum atomic E-state index is -0.498. The molecule has 2 aromatic rings. The van der Waals surface area contributed by atoms with Crippen molar-refractivity contribution in [1.29, 1.82) is 0 Å². The summed E-state index contributed by atoms with van der Waals surface area (Å²) in [7, 11) is 1.38. The largest absolute Gasteiger partial charge is 0.468 e. The van der Waals surface area contributed by atoms with E-state index in [0.717, 1.165) is 25.1 Å². The summed E-state index contributed by atoms with van der Waals surface area (Å²) in [5.74, 6) is -0.505. The van der Waals surface area contributed by atoms with Gasteiger partial charge in [0.15, 0.2) is 0 Å². The fourth-order valence-corrected chi connectivity index (χ4v) is 5.38. The van der Waals surface area contributed by atoms with Gasteiger partial charge in [-0.25, -0.2) is 4.39 Å². The molecule has 0 unspecified atom stereocenters. The molecule has 2 fully saturated rings. The summed E-state index contributed by atoms with van der Waals surface area (Å²) in [5, 5.41) is 10.1. The third-order valence-electron chi connectivity index (χ3n) is 6.94. The van der Waals surface area contributed by atoms with Gasteiger partial charge < -0.3 is 14.4 Å². The Morgan fingerprint density at radius 1 is 1.27 bits per heavy atom. The van der Waals surface area contributed by atoms with E-state index < -0.39 is 6.04 Å². The van der Waals surface area contributed by atoms with Crippen LogP contribution < -0.4 is 5.56 Å². The number of pyridine rings is 1. The first-order chi connectivity index (χ1) is 14.5. The molecule has 1 aliphatic carbocycles. The number of hydrogen-bond donors (Lipinski definition) is 1. The number of aliphatic hydroxyl groups excluding tert-OH is 1. The number of fused-ring (bicyclic) bond motifs is 3. The van der Waals surface area contributed by atoms with Gasteiger partial charge in [-0.1, -0.05) is 12.1 Å². The molecule has 1 saturated carbocycles. The number of esters is 1. The lowest BCUT2D eigenvalue weighted by molar-refractivity contribution is -0.148. The number of carbonyl (C=O) groups is 1. The highest BCUT2D eigenvalue weighted by atomic mass is 19.1. The maximum Gasteiger partial charge on any atom is 0.323 e. The third-order valence-corrected chi connectivity index (χ3v) is 6.94. The number of nitrogens with zero attached hydrogens (tertiary/aromatic N) is 2. The van der Waals surface area contributed by atoms with E-state index in [4.69, 9.17) is 4.74 Å². The van der Waals surface area contributed by atoms with Crippen molar-refractivity contribution in [1.82, 2.24) is 9.47 Å². The molecule has 4 atom stereocenters. The maximum atomic E-state index is 13.7. The molecule has 2 aliphatic heterocycles. The first-order valence-electron chi connectivity index (χ1n) is 10.5. The lowest BCUT2D eigenvalue weighted by Crippen LogP contribution is -2.44. The standard InChI is InChI=1S/C23H25FN2O4/c1-30-23(29)21-18(12-27)17-11-25-19(20(17)26(21)10-13-5-6-13)8-7-16(22(25)28)14-3-2-4-15(24)9-14/h2-4,7-9,13,17-18,20-21,27H,5-6,10-12H2,1H3/t17-,18-,20+,21-/m1/s1. The van der Waals surface area contributed by atoms with Gasteiger partial charge >= 0.3 is 5.97 Å². The molecule has 0 amide bonds. The summed E-state index contributed by atoms with van der Waals surface area (Å²) in [5.41, 5.74) is 1.70. The number of likely N-dealkylation sites (tertiary alicyclic amines) is 1. The summed E-state index contributed by atoms with van der Waals surface area (Å²) in [6, 6.07) is 9.10. The van der Waals surface area contributed by atoms with Gasteiger partial charge in [0.25, 0.3) is 5.56 Å². The number of carbonyl (C=O) groups excluding carboxylic acids is 1. The van der Waals surface area contributed by atoms with Gasteiger partial charge in [-0.3, -0.25) is 14.5 Å². The minimum Gasteiger partial charge on any atom is -0.468 e. The van der Waals surface area contributed by atoms with Crippen LogP contribution in [-0.2, 0) is 16.1 Å². The van der Waals surface area contributed by atoms with Gasteiger partial charge in [0.05, 0.1) is 13.2 Å². The number of methoxy groups -OCH3 is 1. The zero-order valence-corrected chi connectivity index (χ0v) is 16.8. The second kappa shape index (κ2) is 7.32. The highest BCUT2D eigenvalue weighted by Crippen LogP contribution is 2.51. The molecular formula is C23H25FN2O4.